The van der Waals surface area contributed by atoms with Gasteiger partial charge in [0.25, 0.3) is 0 Å². The van der Waals surface area contributed by atoms with Crippen molar-refractivity contribution >= 4 is 23.4 Å². The van der Waals surface area contributed by atoms with Gasteiger partial charge in [-0.1, -0.05) is 23.9 Å². The molecule has 20 heavy (non-hydrogen) atoms. The van der Waals surface area contributed by atoms with Gasteiger partial charge < -0.3 is 15.2 Å². The second-order valence-corrected chi connectivity index (χ2v) is 5.08. The molecular formula is C15H15NO3S. The summed E-state index contributed by atoms with van der Waals surface area (Å²) < 4.78 is 10.0. The molecule has 0 radical (unpaired) electrons. The topological polar surface area (TPSA) is 61.5 Å². The minimum absolute atomic E-state index is 0.383. The molecule has 0 heterocycles. The Morgan fingerprint density at radius 3 is 2.55 bits per heavy atom. The molecule has 5 heteroatoms. The van der Waals surface area contributed by atoms with E-state index in [4.69, 9.17) is 15.2 Å². The molecule has 0 spiro atoms. The fraction of sp³-hybridized carbons (Fsp3) is 0.133. The van der Waals surface area contributed by atoms with Gasteiger partial charge in [0.05, 0.1) is 24.7 Å². The fourth-order valence-electron chi connectivity index (χ4n) is 1.69. The molecule has 0 aliphatic carbocycles. The molecule has 2 rings (SSSR count). The summed E-state index contributed by atoms with van der Waals surface area (Å²) in [6.07, 6.45) is 0. The SMILES string of the molecule is COC(=O)c1ccc(N)c(Sc2ccccc2OC)c1. The number of carbonyl (C=O) groups is 1. The van der Waals surface area contributed by atoms with Crippen LogP contribution in [0.4, 0.5) is 5.69 Å². The summed E-state index contributed by atoms with van der Waals surface area (Å²) in [5.74, 6) is 0.382. The Morgan fingerprint density at radius 1 is 1.10 bits per heavy atom. The second-order valence-electron chi connectivity index (χ2n) is 4.00. The Hall–Kier alpha value is -2.14. The normalized spacial score (nSPS) is 10.1. The zero-order chi connectivity index (χ0) is 14.5. The lowest BCUT2D eigenvalue weighted by Gasteiger charge is -2.10. The van der Waals surface area contributed by atoms with Crippen molar-refractivity contribution < 1.29 is 14.3 Å². The van der Waals surface area contributed by atoms with Gasteiger partial charge in [0.15, 0.2) is 0 Å². The molecule has 0 unspecified atom stereocenters. The molecule has 4 nitrogen and oxygen atoms in total. The van der Waals surface area contributed by atoms with Crippen molar-refractivity contribution in [2.24, 2.45) is 0 Å². The standard InChI is InChI=1S/C15H15NO3S/c1-18-12-5-3-4-6-13(12)20-14-9-10(15(17)19-2)7-8-11(14)16/h3-9H,16H2,1-2H3. The van der Waals surface area contributed by atoms with E-state index in [-0.39, 0.29) is 5.97 Å². The number of carbonyl (C=O) groups excluding carboxylic acids is 1. The Bertz CT molecular complexity index is 628. The highest BCUT2D eigenvalue weighted by Crippen LogP contribution is 2.37. The summed E-state index contributed by atoms with van der Waals surface area (Å²) in [7, 11) is 2.97. The van der Waals surface area contributed by atoms with Crippen LogP contribution in [0.15, 0.2) is 52.3 Å². The molecule has 0 aliphatic rings. The average molecular weight is 289 g/mol. The predicted octanol–water partition coefficient (Wildman–Crippen LogP) is 3.22. The zero-order valence-corrected chi connectivity index (χ0v) is 12.1. The number of ether oxygens (including phenoxy) is 2. The number of rotatable bonds is 4. The quantitative estimate of drug-likeness (QED) is 0.691. The highest BCUT2D eigenvalue weighted by Gasteiger charge is 2.11. The number of hydrogen-bond donors (Lipinski definition) is 1. The molecule has 0 aliphatic heterocycles. The van der Waals surface area contributed by atoms with Gasteiger partial charge in [-0.25, -0.2) is 4.79 Å². The van der Waals surface area contributed by atoms with Gasteiger partial charge in [0, 0.05) is 10.6 Å². The third kappa shape index (κ3) is 3.05. The lowest BCUT2D eigenvalue weighted by molar-refractivity contribution is 0.0600. The number of esters is 1. The van der Waals surface area contributed by atoms with Crippen LogP contribution in [0.5, 0.6) is 5.75 Å². The molecule has 0 bridgehead atoms. The maximum absolute atomic E-state index is 11.6. The van der Waals surface area contributed by atoms with E-state index in [1.165, 1.54) is 18.9 Å². The number of nitrogens with two attached hydrogens (primary N) is 1. The van der Waals surface area contributed by atoms with Crippen LogP contribution >= 0.6 is 11.8 Å². The van der Waals surface area contributed by atoms with Crippen molar-refractivity contribution in [1.29, 1.82) is 0 Å². The van der Waals surface area contributed by atoms with E-state index >= 15 is 0 Å². The summed E-state index contributed by atoms with van der Waals surface area (Å²) >= 11 is 1.45. The molecule has 0 saturated heterocycles. The van der Waals surface area contributed by atoms with E-state index in [1.54, 1.807) is 25.3 Å². The first-order valence-corrected chi connectivity index (χ1v) is 6.76. The number of para-hydroxylation sites is 1. The summed E-state index contributed by atoms with van der Waals surface area (Å²) in [5.41, 5.74) is 7.03. The molecular weight excluding hydrogens is 274 g/mol. The second kappa shape index (κ2) is 6.34. The maximum atomic E-state index is 11.6. The monoisotopic (exact) mass is 289 g/mol. The van der Waals surface area contributed by atoms with Gasteiger partial charge in [0.1, 0.15) is 5.75 Å². The van der Waals surface area contributed by atoms with E-state index in [9.17, 15) is 4.79 Å². The number of benzene rings is 2. The van der Waals surface area contributed by atoms with Crippen molar-refractivity contribution in [2.45, 2.75) is 9.79 Å². The van der Waals surface area contributed by atoms with Crippen LogP contribution in [0.3, 0.4) is 0 Å². The third-order valence-corrected chi connectivity index (χ3v) is 3.85. The first kappa shape index (κ1) is 14.3. The Morgan fingerprint density at radius 2 is 1.85 bits per heavy atom. The fourth-order valence-corrected chi connectivity index (χ4v) is 2.70. The van der Waals surface area contributed by atoms with Gasteiger partial charge >= 0.3 is 5.97 Å². The molecule has 2 aromatic carbocycles. The number of anilines is 1. The number of hydrogen-bond acceptors (Lipinski definition) is 5. The van der Waals surface area contributed by atoms with Gasteiger partial charge in [-0.2, -0.15) is 0 Å². The van der Waals surface area contributed by atoms with Crippen LogP contribution in [0.2, 0.25) is 0 Å². The highest BCUT2D eigenvalue weighted by molar-refractivity contribution is 7.99. The lowest BCUT2D eigenvalue weighted by Crippen LogP contribution is -2.02. The maximum Gasteiger partial charge on any atom is 0.337 e. The Labute approximate surface area is 121 Å². The molecule has 0 amide bonds. The van der Waals surface area contributed by atoms with Crippen molar-refractivity contribution in [3.63, 3.8) is 0 Å². The summed E-state index contributed by atoms with van der Waals surface area (Å²) in [4.78, 5) is 13.3. The summed E-state index contributed by atoms with van der Waals surface area (Å²) in [6.45, 7) is 0. The van der Waals surface area contributed by atoms with Crippen molar-refractivity contribution in [3.8, 4) is 5.75 Å². The van der Waals surface area contributed by atoms with E-state index in [0.29, 0.717) is 11.3 Å². The van der Waals surface area contributed by atoms with Crippen LogP contribution < -0.4 is 10.5 Å². The molecule has 2 N–H and O–H groups in total. The first-order valence-electron chi connectivity index (χ1n) is 5.94. The summed E-state index contributed by atoms with van der Waals surface area (Å²) in [5, 5.41) is 0. The molecule has 0 fully saturated rings. The van der Waals surface area contributed by atoms with E-state index < -0.39 is 0 Å². The van der Waals surface area contributed by atoms with Gasteiger partial charge in [-0.15, -0.1) is 0 Å². The van der Waals surface area contributed by atoms with Crippen molar-refractivity contribution in [2.75, 3.05) is 20.0 Å². The van der Waals surface area contributed by atoms with Crippen molar-refractivity contribution in [1.82, 2.24) is 0 Å². The molecule has 0 aromatic heterocycles. The first-order chi connectivity index (χ1) is 9.65. The van der Waals surface area contributed by atoms with Crippen LogP contribution in [-0.2, 0) is 4.74 Å². The highest BCUT2D eigenvalue weighted by atomic mass is 32.2. The largest absolute Gasteiger partial charge is 0.496 e. The zero-order valence-electron chi connectivity index (χ0n) is 11.3. The smallest absolute Gasteiger partial charge is 0.337 e. The van der Waals surface area contributed by atoms with Crippen LogP contribution in [0, 0.1) is 0 Å². The van der Waals surface area contributed by atoms with E-state index in [0.717, 1.165) is 15.5 Å². The third-order valence-electron chi connectivity index (χ3n) is 2.72. The van der Waals surface area contributed by atoms with Crippen LogP contribution in [0.25, 0.3) is 0 Å². The van der Waals surface area contributed by atoms with Gasteiger partial charge in [-0.3, -0.25) is 0 Å². The number of nitrogen functional groups attached to an aromatic ring is 1. The summed E-state index contributed by atoms with van der Waals surface area (Å²) in [6, 6.07) is 12.7. The molecule has 0 saturated carbocycles. The van der Waals surface area contributed by atoms with Crippen molar-refractivity contribution in [3.05, 3.63) is 48.0 Å². The van der Waals surface area contributed by atoms with Gasteiger partial charge in [-0.05, 0) is 30.3 Å². The minimum Gasteiger partial charge on any atom is -0.496 e. The van der Waals surface area contributed by atoms with Crippen LogP contribution in [0.1, 0.15) is 10.4 Å². The van der Waals surface area contributed by atoms with Gasteiger partial charge in [0.2, 0.25) is 0 Å². The molecule has 2 aromatic rings. The minimum atomic E-state index is -0.383. The van der Waals surface area contributed by atoms with E-state index in [1.807, 2.05) is 24.3 Å². The molecule has 104 valence electrons. The Balaban J connectivity index is 2.35. The predicted molar refractivity (Wildman–Crippen MR) is 79.3 cm³/mol. The molecule has 0 atom stereocenters. The number of methoxy groups -OCH3 is 2. The Kier molecular flexibility index (Phi) is 4.53. The lowest BCUT2D eigenvalue weighted by atomic mass is 10.2. The van der Waals surface area contributed by atoms with E-state index in [2.05, 4.69) is 0 Å². The average Bonchev–Trinajstić information content (AvgIpc) is 2.49. The van der Waals surface area contributed by atoms with Crippen LogP contribution in [-0.4, -0.2) is 20.2 Å².